The van der Waals surface area contributed by atoms with Crippen LogP contribution in [0.3, 0.4) is 0 Å². The first-order valence-corrected chi connectivity index (χ1v) is 9.38. The fraction of sp³-hybridized carbons (Fsp3) is 0.381. The predicted molar refractivity (Wildman–Crippen MR) is 99.8 cm³/mol. The molecule has 0 bridgehead atoms. The number of rotatable bonds is 3. The van der Waals surface area contributed by atoms with Gasteiger partial charge in [0.25, 0.3) is 0 Å². The van der Waals surface area contributed by atoms with Gasteiger partial charge in [0.15, 0.2) is 0 Å². The average Bonchev–Trinajstić information content (AvgIpc) is 3.04. The van der Waals surface area contributed by atoms with E-state index in [1.54, 1.807) is 41.2 Å². The summed E-state index contributed by atoms with van der Waals surface area (Å²) in [6.45, 7) is 0.981. The fourth-order valence-corrected chi connectivity index (χ4v) is 4.46. The van der Waals surface area contributed by atoms with Crippen LogP contribution in [0.2, 0.25) is 0 Å². The maximum Gasteiger partial charge on any atom is 0.320 e. The molecule has 6 nitrogen and oxygen atoms in total. The Labute approximate surface area is 162 Å². The Kier molecular flexibility index (Phi) is 4.85. The van der Waals surface area contributed by atoms with E-state index in [9.17, 15) is 19.1 Å². The monoisotopic (exact) mass is 383 g/mol. The molecule has 0 aliphatic carbocycles. The van der Waals surface area contributed by atoms with Gasteiger partial charge in [0.2, 0.25) is 5.91 Å². The molecule has 2 aromatic rings. The van der Waals surface area contributed by atoms with Gasteiger partial charge in [0, 0.05) is 43.0 Å². The van der Waals surface area contributed by atoms with E-state index in [2.05, 4.69) is 4.98 Å². The number of aromatic nitrogens is 1. The van der Waals surface area contributed by atoms with Crippen LogP contribution in [0.4, 0.5) is 4.39 Å². The molecule has 146 valence electrons. The Bertz CT molecular complexity index is 919. The van der Waals surface area contributed by atoms with E-state index in [1.165, 1.54) is 6.07 Å². The molecule has 1 aromatic carbocycles. The van der Waals surface area contributed by atoms with Crippen LogP contribution < -0.4 is 0 Å². The van der Waals surface area contributed by atoms with Crippen molar-refractivity contribution in [2.45, 2.75) is 31.5 Å². The highest BCUT2D eigenvalue weighted by molar-refractivity contribution is 5.83. The Morgan fingerprint density at radius 1 is 1.21 bits per heavy atom. The van der Waals surface area contributed by atoms with Crippen LogP contribution in [0.1, 0.15) is 29.3 Å². The second-order valence-corrected chi connectivity index (χ2v) is 7.45. The molecule has 2 aliphatic rings. The van der Waals surface area contributed by atoms with Crippen molar-refractivity contribution >= 4 is 11.9 Å². The third kappa shape index (κ3) is 3.16. The van der Waals surface area contributed by atoms with E-state index in [4.69, 9.17) is 0 Å². The highest BCUT2D eigenvalue weighted by atomic mass is 19.1. The molecular formula is C21H22FN3O3. The van der Waals surface area contributed by atoms with Crippen molar-refractivity contribution in [3.05, 3.63) is 65.2 Å². The van der Waals surface area contributed by atoms with Crippen molar-refractivity contribution in [3.63, 3.8) is 0 Å². The summed E-state index contributed by atoms with van der Waals surface area (Å²) < 4.78 is 14.5. The van der Waals surface area contributed by atoms with Gasteiger partial charge in [0.1, 0.15) is 11.9 Å². The number of carboxylic acids is 1. The zero-order valence-corrected chi connectivity index (χ0v) is 15.6. The normalized spacial score (nSPS) is 24.8. The summed E-state index contributed by atoms with van der Waals surface area (Å²) in [7, 11) is 1.65. The van der Waals surface area contributed by atoms with Crippen molar-refractivity contribution in [1.82, 2.24) is 14.8 Å². The molecule has 0 radical (unpaired) electrons. The smallest absolute Gasteiger partial charge is 0.320 e. The standard InChI is InChI=1S/C21H22FN3O3/c1-24-18(21(27)28)11-15(19(24)14-6-2-3-7-16(14)22)20(26)25-10-8-17-13(12-25)5-4-9-23-17/h2-7,9,15,18-19H,8,10-12H2,1H3,(H,27,28)/t15-,18-,19-/m1/s1. The SMILES string of the molecule is CN1[C@@H](C(=O)O)C[C@@H](C(=O)N2CCc3ncccc3C2)[C@H]1c1ccccc1F. The van der Waals surface area contributed by atoms with Gasteiger partial charge >= 0.3 is 5.97 Å². The number of likely N-dealkylation sites (N-methyl/N-ethyl adjacent to an activating group) is 1. The Hall–Kier alpha value is -2.80. The third-order valence-electron chi connectivity index (χ3n) is 5.89. The summed E-state index contributed by atoms with van der Waals surface area (Å²) in [6.07, 6.45) is 2.57. The largest absolute Gasteiger partial charge is 0.480 e. The van der Waals surface area contributed by atoms with Crippen molar-refractivity contribution < 1.29 is 19.1 Å². The first-order chi connectivity index (χ1) is 13.5. The zero-order chi connectivity index (χ0) is 19.8. The van der Waals surface area contributed by atoms with Crippen molar-refractivity contribution in [2.75, 3.05) is 13.6 Å². The van der Waals surface area contributed by atoms with Crippen LogP contribution in [-0.4, -0.2) is 51.4 Å². The summed E-state index contributed by atoms with van der Waals surface area (Å²) in [5.74, 6) is -2.15. The lowest BCUT2D eigenvalue weighted by atomic mass is 9.90. The number of halogens is 1. The molecule has 3 heterocycles. The number of hydrogen-bond donors (Lipinski definition) is 1. The van der Waals surface area contributed by atoms with Crippen molar-refractivity contribution in [1.29, 1.82) is 0 Å². The van der Waals surface area contributed by atoms with Crippen LogP contribution in [0.5, 0.6) is 0 Å². The van der Waals surface area contributed by atoms with Crippen LogP contribution >= 0.6 is 0 Å². The molecule has 28 heavy (non-hydrogen) atoms. The minimum atomic E-state index is -0.993. The van der Waals surface area contributed by atoms with Gasteiger partial charge in [-0.05, 0) is 31.2 Å². The van der Waals surface area contributed by atoms with Gasteiger partial charge < -0.3 is 10.0 Å². The van der Waals surface area contributed by atoms with Gasteiger partial charge in [-0.25, -0.2) is 4.39 Å². The van der Waals surface area contributed by atoms with Gasteiger partial charge in [-0.3, -0.25) is 19.5 Å². The molecule has 0 saturated carbocycles. The van der Waals surface area contributed by atoms with Gasteiger partial charge in [-0.15, -0.1) is 0 Å². The van der Waals surface area contributed by atoms with Gasteiger partial charge in [-0.1, -0.05) is 24.3 Å². The Morgan fingerprint density at radius 2 is 2.00 bits per heavy atom. The van der Waals surface area contributed by atoms with E-state index in [0.717, 1.165) is 11.3 Å². The summed E-state index contributed by atoms with van der Waals surface area (Å²) >= 11 is 0. The molecule has 7 heteroatoms. The molecule has 1 amide bonds. The average molecular weight is 383 g/mol. The molecular weight excluding hydrogens is 361 g/mol. The van der Waals surface area contributed by atoms with E-state index < -0.39 is 29.8 Å². The quantitative estimate of drug-likeness (QED) is 0.880. The van der Waals surface area contributed by atoms with E-state index in [-0.39, 0.29) is 12.3 Å². The molecule has 0 spiro atoms. The molecule has 3 atom stereocenters. The highest BCUT2D eigenvalue weighted by Gasteiger charge is 2.48. The Morgan fingerprint density at radius 3 is 2.75 bits per heavy atom. The minimum Gasteiger partial charge on any atom is -0.480 e. The molecule has 2 aliphatic heterocycles. The number of carbonyl (C=O) groups excluding carboxylic acids is 1. The number of carbonyl (C=O) groups is 2. The van der Waals surface area contributed by atoms with Crippen LogP contribution in [0, 0.1) is 11.7 Å². The van der Waals surface area contributed by atoms with Gasteiger partial charge in [-0.2, -0.15) is 0 Å². The summed E-state index contributed by atoms with van der Waals surface area (Å²) in [4.78, 5) is 32.8. The minimum absolute atomic E-state index is 0.127. The summed E-state index contributed by atoms with van der Waals surface area (Å²) in [6, 6.07) is 8.66. The lowest BCUT2D eigenvalue weighted by Crippen LogP contribution is -2.41. The number of benzene rings is 1. The maximum atomic E-state index is 14.5. The zero-order valence-electron chi connectivity index (χ0n) is 15.6. The Balaban J connectivity index is 1.65. The number of pyridine rings is 1. The molecule has 1 aromatic heterocycles. The van der Waals surface area contributed by atoms with E-state index in [1.807, 2.05) is 12.1 Å². The molecule has 1 N–H and O–H groups in total. The van der Waals surface area contributed by atoms with Gasteiger partial charge in [0.05, 0.1) is 5.92 Å². The second kappa shape index (κ2) is 7.31. The lowest BCUT2D eigenvalue weighted by Gasteiger charge is -2.33. The number of aliphatic carboxylic acids is 1. The number of likely N-dealkylation sites (tertiary alicyclic amines) is 1. The molecule has 1 fully saturated rings. The van der Waals surface area contributed by atoms with Crippen molar-refractivity contribution in [2.24, 2.45) is 5.92 Å². The first kappa shape index (κ1) is 18.6. The van der Waals surface area contributed by atoms with Crippen LogP contribution in [0.15, 0.2) is 42.6 Å². The van der Waals surface area contributed by atoms with Crippen molar-refractivity contribution in [3.8, 4) is 0 Å². The number of fused-ring (bicyclic) bond motifs is 1. The maximum absolute atomic E-state index is 14.5. The predicted octanol–water partition coefficient (Wildman–Crippen LogP) is 2.25. The topological polar surface area (TPSA) is 73.7 Å². The number of carboxylic acid groups (broad SMARTS) is 1. The third-order valence-corrected chi connectivity index (χ3v) is 5.89. The lowest BCUT2D eigenvalue weighted by molar-refractivity contribution is -0.142. The first-order valence-electron chi connectivity index (χ1n) is 9.38. The molecule has 1 saturated heterocycles. The second-order valence-electron chi connectivity index (χ2n) is 7.45. The molecule has 4 rings (SSSR count). The van der Waals surface area contributed by atoms with Crippen LogP contribution in [0.25, 0.3) is 0 Å². The molecule has 0 unspecified atom stereocenters. The van der Waals surface area contributed by atoms with Crippen LogP contribution in [-0.2, 0) is 22.6 Å². The van der Waals surface area contributed by atoms with E-state index >= 15 is 0 Å². The summed E-state index contributed by atoms with van der Waals surface area (Å²) in [5, 5.41) is 9.59. The summed E-state index contributed by atoms with van der Waals surface area (Å²) in [5.41, 5.74) is 2.36. The highest BCUT2D eigenvalue weighted by Crippen LogP contribution is 2.42. The fourth-order valence-electron chi connectivity index (χ4n) is 4.46. The van der Waals surface area contributed by atoms with E-state index in [0.29, 0.717) is 25.1 Å². The number of nitrogens with zero attached hydrogens (tertiary/aromatic N) is 3. The number of amides is 1. The number of hydrogen-bond acceptors (Lipinski definition) is 4.